The number of hydrogen-bond acceptors (Lipinski definition) is 4. The lowest BCUT2D eigenvalue weighted by Gasteiger charge is -2.15. The first-order chi connectivity index (χ1) is 12.6. The van der Waals surface area contributed by atoms with Crippen LogP contribution in [-0.4, -0.2) is 32.3 Å². The number of methoxy groups -OCH3 is 1. The number of sulfone groups is 1. The molecule has 4 nitrogen and oxygen atoms in total. The van der Waals surface area contributed by atoms with Gasteiger partial charge in [0.05, 0.1) is 39.6 Å². The molecule has 0 aliphatic heterocycles. The average molecular weight is 780 g/mol. The quantitative estimate of drug-likeness (QED) is 0.282. The standard InChI is InChI=1S/C16H12Br6O4S/c1-25-15-11(19)2-9(3-12(15)20)27(23,24)10-4-13(21)16(14(22)5-10)26-7-8(18)6-17/h2-5,8H,6-7H2,1H3/t8-/m1/s1. The van der Waals surface area contributed by atoms with Gasteiger partial charge in [-0.25, -0.2) is 8.42 Å². The maximum absolute atomic E-state index is 13.1. The van der Waals surface area contributed by atoms with Crippen molar-refractivity contribution in [3.8, 4) is 11.5 Å². The van der Waals surface area contributed by atoms with Crippen LogP contribution in [0.3, 0.4) is 0 Å². The zero-order valence-electron chi connectivity index (χ0n) is 13.6. The molecule has 0 unspecified atom stereocenters. The topological polar surface area (TPSA) is 52.6 Å². The highest BCUT2D eigenvalue weighted by Crippen LogP contribution is 2.40. The summed E-state index contributed by atoms with van der Waals surface area (Å²) in [7, 11) is -2.24. The van der Waals surface area contributed by atoms with E-state index in [-0.39, 0.29) is 14.6 Å². The van der Waals surface area contributed by atoms with Crippen molar-refractivity contribution in [2.45, 2.75) is 14.6 Å². The number of halogens is 6. The van der Waals surface area contributed by atoms with Crippen LogP contribution in [0.25, 0.3) is 0 Å². The van der Waals surface area contributed by atoms with E-state index in [4.69, 9.17) is 9.47 Å². The third-order valence-electron chi connectivity index (χ3n) is 3.34. The van der Waals surface area contributed by atoms with E-state index in [0.717, 1.165) is 5.33 Å². The predicted octanol–water partition coefficient (Wildman–Crippen LogP) is 7.12. The minimum Gasteiger partial charge on any atom is -0.494 e. The number of benzene rings is 2. The third-order valence-corrected chi connectivity index (χ3v) is 9.65. The van der Waals surface area contributed by atoms with Gasteiger partial charge in [-0.2, -0.15) is 0 Å². The molecule has 0 N–H and O–H groups in total. The molecule has 0 saturated heterocycles. The van der Waals surface area contributed by atoms with E-state index in [9.17, 15) is 8.42 Å². The summed E-state index contributed by atoms with van der Waals surface area (Å²) >= 11 is 20.3. The fraction of sp³-hybridized carbons (Fsp3) is 0.250. The zero-order valence-corrected chi connectivity index (χ0v) is 23.9. The minimum absolute atomic E-state index is 0.133. The van der Waals surface area contributed by atoms with Crippen LogP contribution in [0.1, 0.15) is 0 Å². The Morgan fingerprint density at radius 1 is 0.889 bits per heavy atom. The van der Waals surface area contributed by atoms with Gasteiger partial charge in [0.25, 0.3) is 0 Å². The molecule has 0 radical (unpaired) electrons. The first-order valence-corrected chi connectivity index (χ1v) is 13.9. The highest BCUT2D eigenvalue weighted by atomic mass is 79.9. The van der Waals surface area contributed by atoms with E-state index in [1.54, 1.807) is 0 Å². The van der Waals surface area contributed by atoms with Gasteiger partial charge in [0.1, 0.15) is 18.1 Å². The van der Waals surface area contributed by atoms with Gasteiger partial charge in [0.15, 0.2) is 0 Å². The summed E-state index contributed by atoms with van der Waals surface area (Å²) in [5.41, 5.74) is 0. The lowest BCUT2D eigenvalue weighted by atomic mass is 10.3. The summed E-state index contributed by atoms with van der Waals surface area (Å²) in [4.78, 5) is 0.400. The van der Waals surface area contributed by atoms with Gasteiger partial charge in [-0.15, -0.1) is 0 Å². The van der Waals surface area contributed by atoms with E-state index >= 15 is 0 Å². The van der Waals surface area contributed by atoms with E-state index in [1.165, 1.54) is 31.4 Å². The van der Waals surface area contributed by atoms with Gasteiger partial charge in [-0.05, 0) is 88.0 Å². The normalized spacial score (nSPS) is 12.7. The van der Waals surface area contributed by atoms with Gasteiger partial charge in [-0.1, -0.05) is 31.9 Å². The van der Waals surface area contributed by atoms with E-state index in [2.05, 4.69) is 95.6 Å². The molecule has 2 aromatic rings. The van der Waals surface area contributed by atoms with Crippen LogP contribution in [0.4, 0.5) is 0 Å². The average Bonchev–Trinajstić information content (AvgIpc) is 2.60. The van der Waals surface area contributed by atoms with Crippen molar-refractivity contribution in [1.29, 1.82) is 0 Å². The van der Waals surface area contributed by atoms with Crippen molar-refractivity contribution in [2.24, 2.45) is 0 Å². The molecular weight excluding hydrogens is 768 g/mol. The van der Waals surface area contributed by atoms with Crippen LogP contribution >= 0.6 is 95.6 Å². The van der Waals surface area contributed by atoms with E-state index in [0.29, 0.717) is 36.0 Å². The summed E-state index contributed by atoms with van der Waals surface area (Å²) < 4.78 is 39.3. The molecule has 0 aliphatic rings. The van der Waals surface area contributed by atoms with Gasteiger partial charge < -0.3 is 9.47 Å². The number of rotatable bonds is 7. The minimum atomic E-state index is -3.75. The smallest absolute Gasteiger partial charge is 0.206 e. The van der Waals surface area contributed by atoms with E-state index < -0.39 is 9.84 Å². The van der Waals surface area contributed by atoms with E-state index in [1.807, 2.05) is 0 Å². The largest absolute Gasteiger partial charge is 0.494 e. The van der Waals surface area contributed by atoms with Gasteiger partial charge in [-0.3, -0.25) is 0 Å². The maximum atomic E-state index is 13.1. The molecule has 148 valence electrons. The molecule has 0 aliphatic carbocycles. The Bertz CT molecular complexity index is 902. The summed E-state index contributed by atoms with van der Waals surface area (Å²) in [6, 6.07) is 6.07. The molecule has 27 heavy (non-hydrogen) atoms. The Morgan fingerprint density at radius 2 is 1.30 bits per heavy atom. The van der Waals surface area contributed by atoms with Gasteiger partial charge >= 0.3 is 0 Å². The van der Waals surface area contributed by atoms with Crippen LogP contribution < -0.4 is 9.47 Å². The molecule has 1 atom stereocenters. The fourth-order valence-electron chi connectivity index (χ4n) is 2.07. The molecular formula is C16H12Br6O4S. The van der Waals surface area contributed by atoms with Crippen LogP contribution in [0.5, 0.6) is 11.5 Å². The lowest BCUT2D eigenvalue weighted by Crippen LogP contribution is -2.13. The molecule has 0 heterocycles. The summed E-state index contributed by atoms with van der Waals surface area (Å²) in [6.07, 6.45) is 0. The van der Waals surface area contributed by atoms with Crippen molar-refractivity contribution in [3.05, 3.63) is 42.2 Å². The fourth-order valence-corrected chi connectivity index (χ4v) is 7.29. The summed E-state index contributed by atoms with van der Waals surface area (Å²) in [5, 5.41) is 0.732. The molecule has 2 aromatic carbocycles. The highest BCUT2D eigenvalue weighted by molar-refractivity contribution is 9.12. The predicted molar refractivity (Wildman–Crippen MR) is 128 cm³/mol. The Hall–Kier alpha value is 0.870. The Labute approximate surface area is 208 Å². The number of hydrogen-bond donors (Lipinski definition) is 0. The lowest BCUT2D eigenvalue weighted by molar-refractivity contribution is 0.321. The second-order valence-corrected chi connectivity index (χ2v) is 12.5. The number of ether oxygens (including phenoxy) is 2. The van der Waals surface area contributed by atoms with Crippen molar-refractivity contribution >= 4 is 105 Å². The van der Waals surface area contributed by atoms with Crippen molar-refractivity contribution in [2.75, 3.05) is 19.0 Å². The van der Waals surface area contributed by atoms with Crippen LogP contribution in [-0.2, 0) is 9.84 Å². The molecule has 0 bridgehead atoms. The maximum Gasteiger partial charge on any atom is 0.206 e. The first-order valence-electron chi connectivity index (χ1n) is 7.21. The van der Waals surface area contributed by atoms with Crippen LogP contribution in [0.2, 0.25) is 0 Å². The molecule has 0 fully saturated rings. The van der Waals surface area contributed by atoms with Crippen molar-refractivity contribution < 1.29 is 17.9 Å². The van der Waals surface area contributed by atoms with Crippen LogP contribution in [0, 0.1) is 0 Å². The second kappa shape index (κ2) is 10.3. The SMILES string of the molecule is COc1c(Br)cc(S(=O)(=O)c2cc(Br)c(OC[C@H](Br)CBr)c(Br)c2)cc1Br. The molecule has 11 heteroatoms. The van der Waals surface area contributed by atoms with Gasteiger partial charge in [0.2, 0.25) is 9.84 Å². The molecule has 0 spiro atoms. The van der Waals surface area contributed by atoms with Crippen LogP contribution in [0.15, 0.2) is 51.9 Å². The Balaban J connectivity index is 2.45. The van der Waals surface area contributed by atoms with Gasteiger partial charge in [0, 0.05) is 5.33 Å². The summed E-state index contributed by atoms with van der Waals surface area (Å²) in [5.74, 6) is 1.06. The second-order valence-electron chi connectivity index (χ2n) is 5.20. The van der Waals surface area contributed by atoms with Crippen molar-refractivity contribution in [1.82, 2.24) is 0 Å². The first kappa shape index (κ1) is 24.1. The molecule has 0 saturated carbocycles. The van der Waals surface area contributed by atoms with Crippen molar-refractivity contribution in [3.63, 3.8) is 0 Å². The third kappa shape index (κ3) is 5.73. The number of alkyl halides is 2. The summed E-state index contributed by atoms with van der Waals surface area (Å²) in [6.45, 7) is 0.424. The molecule has 0 aromatic heterocycles. The molecule has 2 rings (SSSR count). The molecule has 0 amide bonds. The zero-order chi connectivity index (χ0) is 20.4. The Kier molecular flexibility index (Phi) is 9.17. The monoisotopic (exact) mass is 774 g/mol. The Morgan fingerprint density at radius 3 is 1.67 bits per heavy atom. The highest BCUT2D eigenvalue weighted by Gasteiger charge is 2.24.